The van der Waals surface area contributed by atoms with Crippen LogP contribution in [0, 0.1) is 11.8 Å². The van der Waals surface area contributed by atoms with Crippen LogP contribution in [0.25, 0.3) is 11.0 Å². The van der Waals surface area contributed by atoms with Crippen molar-refractivity contribution in [2.75, 3.05) is 0 Å². The molecule has 1 aromatic heterocycles. The molecule has 144 valence electrons. The molecular weight excluding hydrogens is 354 g/mol. The van der Waals surface area contributed by atoms with Crippen molar-refractivity contribution in [3.63, 3.8) is 0 Å². The van der Waals surface area contributed by atoms with Crippen molar-refractivity contribution < 1.29 is 19.1 Å². The molecule has 2 N–H and O–H groups in total. The number of carbonyl (C=O) groups excluding carboxylic acids is 1. The summed E-state index contributed by atoms with van der Waals surface area (Å²) in [6, 6.07) is 19.1. The first kappa shape index (κ1) is 18.3. The van der Waals surface area contributed by atoms with Gasteiger partial charge in [0.25, 0.3) is 0 Å². The number of carboxylic acids is 1. The molecule has 1 fully saturated rings. The molecule has 5 heteroatoms. The maximum absolute atomic E-state index is 12.9. The number of benzene rings is 2. The number of aliphatic carboxylic acids is 1. The Labute approximate surface area is 163 Å². The molecule has 1 saturated carbocycles. The second kappa shape index (κ2) is 7.89. The van der Waals surface area contributed by atoms with Crippen molar-refractivity contribution in [3.8, 4) is 0 Å². The van der Waals surface area contributed by atoms with E-state index >= 15 is 0 Å². The molecule has 1 atom stereocenters. The summed E-state index contributed by atoms with van der Waals surface area (Å²) in [6.07, 6.45) is 2.30. The number of para-hydroxylation sites is 1. The number of hydrogen-bond acceptors (Lipinski definition) is 3. The van der Waals surface area contributed by atoms with E-state index in [4.69, 9.17) is 9.52 Å². The van der Waals surface area contributed by atoms with Crippen molar-refractivity contribution in [3.05, 3.63) is 72.0 Å². The van der Waals surface area contributed by atoms with Crippen LogP contribution in [0.4, 0.5) is 0 Å². The minimum atomic E-state index is -0.761. The number of hydrogen-bond donors (Lipinski definition) is 2. The molecule has 0 radical (unpaired) electrons. The number of fused-ring (bicyclic) bond motifs is 1. The van der Waals surface area contributed by atoms with Crippen molar-refractivity contribution >= 4 is 22.8 Å². The van der Waals surface area contributed by atoms with Crippen molar-refractivity contribution in [2.45, 2.75) is 31.7 Å². The SMILES string of the molecule is O=C(O)C1CCC(C(=O)NC(c2ccccc2)c2cc3ccccc3o2)CC1. The van der Waals surface area contributed by atoms with Gasteiger partial charge >= 0.3 is 5.97 Å². The van der Waals surface area contributed by atoms with Gasteiger partial charge in [0.05, 0.1) is 5.92 Å². The van der Waals surface area contributed by atoms with Crippen LogP contribution in [0.1, 0.15) is 43.0 Å². The first-order valence-corrected chi connectivity index (χ1v) is 9.68. The fraction of sp³-hybridized carbons (Fsp3) is 0.304. The third-order valence-electron chi connectivity index (χ3n) is 5.60. The Kier molecular flexibility index (Phi) is 5.15. The lowest BCUT2D eigenvalue weighted by Crippen LogP contribution is -2.37. The minimum Gasteiger partial charge on any atom is -0.481 e. The average Bonchev–Trinajstić information content (AvgIpc) is 3.16. The van der Waals surface area contributed by atoms with Crippen LogP contribution in [0.15, 0.2) is 65.1 Å². The van der Waals surface area contributed by atoms with Gasteiger partial charge in [-0.1, -0.05) is 48.5 Å². The molecule has 0 aliphatic heterocycles. The van der Waals surface area contributed by atoms with Gasteiger partial charge < -0.3 is 14.8 Å². The molecule has 1 heterocycles. The quantitative estimate of drug-likeness (QED) is 0.685. The molecule has 1 unspecified atom stereocenters. The number of nitrogens with one attached hydrogen (secondary N) is 1. The van der Waals surface area contributed by atoms with Crippen LogP contribution in [-0.2, 0) is 9.59 Å². The first-order valence-electron chi connectivity index (χ1n) is 9.68. The van der Waals surface area contributed by atoms with E-state index in [2.05, 4.69) is 5.32 Å². The zero-order valence-corrected chi connectivity index (χ0v) is 15.5. The van der Waals surface area contributed by atoms with Gasteiger partial charge in [-0.2, -0.15) is 0 Å². The van der Waals surface area contributed by atoms with Crippen molar-refractivity contribution in [2.24, 2.45) is 11.8 Å². The van der Waals surface area contributed by atoms with E-state index in [1.165, 1.54) is 0 Å². The zero-order valence-electron chi connectivity index (χ0n) is 15.5. The van der Waals surface area contributed by atoms with E-state index in [0.29, 0.717) is 31.4 Å². The highest BCUT2D eigenvalue weighted by Crippen LogP contribution is 2.32. The molecule has 1 aliphatic rings. The summed E-state index contributed by atoms with van der Waals surface area (Å²) in [5, 5.41) is 13.3. The van der Waals surface area contributed by atoms with Gasteiger partial charge in [0.2, 0.25) is 5.91 Å². The topological polar surface area (TPSA) is 79.5 Å². The van der Waals surface area contributed by atoms with Gasteiger partial charge in [-0.3, -0.25) is 9.59 Å². The summed E-state index contributed by atoms with van der Waals surface area (Å²) in [4.78, 5) is 24.1. The van der Waals surface area contributed by atoms with Crippen LogP contribution in [0.3, 0.4) is 0 Å². The van der Waals surface area contributed by atoms with Crippen LogP contribution < -0.4 is 5.32 Å². The fourth-order valence-corrected chi connectivity index (χ4v) is 3.97. The third kappa shape index (κ3) is 3.79. The van der Waals surface area contributed by atoms with Crippen LogP contribution in [0.5, 0.6) is 0 Å². The van der Waals surface area contributed by atoms with Gasteiger partial charge in [-0.15, -0.1) is 0 Å². The van der Waals surface area contributed by atoms with E-state index in [9.17, 15) is 9.59 Å². The highest BCUT2D eigenvalue weighted by atomic mass is 16.4. The predicted molar refractivity (Wildman–Crippen MR) is 106 cm³/mol. The molecule has 4 rings (SSSR count). The summed E-state index contributed by atoms with van der Waals surface area (Å²) in [7, 11) is 0. The zero-order chi connectivity index (χ0) is 19.5. The average molecular weight is 377 g/mol. The number of rotatable bonds is 5. The van der Waals surface area contributed by atoms with Gasteiger partial charge in [0.1, 0.15) is 17.4 Å². The Morgan fingerprint density at radius 3 is 2.25 bits per heavy atom. The molecule has 0 saturated heterocycles. The minimum absolute atomic E-state index is 0.0434. The molecule has 5 nitrogen and oxygen atoms in total. The monoisotopic (exact) mass is 377 g/mol. The van der Waals surface area contributed by atoms with Crippen LogP contribution in [-0.4, -0.2) is 17.0 Å². The van der Waals surface area contributed by atoms with E-state index in [0.717, 1.165) is 16.5 Å². The molecule has 0 bridgehead atoms. The van der Waals surface area contributed by atoms with Gasteiger partial charge in [0, 0.05) is 11.3 Å². The normalized spacial score (nSPS) is 20.6. The fourth-order valence-electron chi connectivity index (χ4n) is 3.97. The Morgan fingerprint density at radius 1 is 0.929 bits per heavy atom. The van der Waals surface area contributed by atoms with Crippen LogP contribution in [0.2, 0.25) is 0 Å². The maximum Gasteiger partial charge on any atom is 0.306 e. The Morgan fingerprint density at radius 2 is 1.57 bits per heavy atom. The Balaban J connectivity index is 1.56. The number of amides is 1. The third-order valence-corrected chi connectivity index (χ3v) is 5.60. The summed E-state index contributed by atoms with van der Waals surface area (Å²) in [5.74, 6) is -0.600. The summed E-state index contributed by atoms with van der Waals surface area (Å²) in [5.41, 5.74) is 1.74. The molecule has 28 heavy (non-hydrogen) atoms. The molecule has 3 aromatic rings. The Bertz CT molecular complexity index is 937. The summed E-state index contributed by atoms with van der Waals surface area (Å²) < 4.78 is 6.03. The van der Waals surface area contributed by atoms with Crippen molar-refractivity contribution in [1.82, 2.24) is 5.32 Å². The summed E-state index contributed by atoms with van der Waals surface area (Å²) >= 11 is 0. The Hall–Kier alpha value is -3.08. The standard InChI is InChI=1S/C23H23NO4/c25-22(16-10-12-17(13-11-16)23(26)27)24-21(15-6-2-1-3-7-15)20-14-18-8-4-5-9-19(18)28-20/h1-9,14,16-17,21H,10-13H2,(H,24,25)(H,26,27). The lowest BCUT2D eigenvalue weighted by Gasteiger charge is -2.27. The predicted octanol–water partition coefficient (Wildman–Crippen LogP) is 4.53. The molecule has 0 spiro atoms. The number of carbonyl (C=O) groups is 2. The van der Waals surface area contributed by atoms with Crippen molar-refractivity contribution in [1.29, 1.82) is 0 Å². The van der Waals surface area contributed by atoms with Gasteiger partial charge in [-0.25, -0.2) is 0 Å². The van der Waals surface area contributed by atoms with E-state index in [1.807, 2.05) is 60.7 Å². The lowest BCUT2D eigenvalue weighted by atomic mass is 9.81. The number of carboxylic acid groups (broad SMARTS) is 1. The largest absolute Gasteiger partial charge is 0.481 e. The smallest absolute Gasteiger partial charge is 0.306 e. The molecule has 2 aromatic carbocycles. The highest BCUT2D eigenvalue weighted by Gasteiger charge is 2.31. The van der Waals surface area contributed by atoms with Gasteiger partial charge in [0.15, 0.2) is 0 Å². The second-order valence-corrected chi connectivity index (χ2v) is 7.43. The number of furan rings is 1. The van der Waals surface area contributed by atoms with Crippen LogP contribution >= 0.6 is 0 Å². The van der Waals surface area contributed by atoms with E-state index in [1.54, 1.807) is 0 Å². The van der Waals surface area contributed by atoms with Gasteiger partial charge in [-0.05, 0) is 43.4 Å². The molecule has 1 amide bonds. The second-order valence-electron chi connectivity index (χ2n) is 7.43. The molecular formula is C23H23NO4. The lowest BCUT2D eigenvalue weighted by molar-refractivity contribution is -0.144. The molecule has 1 aliphatic carbocycles. The highest BCUT2D eigenvalue weighted by molar-refractivity contribution is 5.81. The maximum atomic E-state index is 12.9. The first-order chi connectivity index (χ1) is 13.6. The van der Waals surface area contributed by atoms with E-state index < -0.39 is 5.97 Å². The van der Waals surface area contributed by atoms with E-state index in [-0.39, 0.29) is 23.8 Å². The summed E-state index contributed by atoms with van der Waals surface area (Å²) in [6.45, 7) is 0.